The van der Waals surface area contributed by atoms with Gasteiger partial charge in [0.25, 0.3) is 0 Å². The molecule has 2 aromatic carbocycles. The van der Waals surface area contributed by atoms with Gasteiger partial charge in [-0.3, -0.25) is 4.90 Å². The highest BCUT2D eigenvalue weighted by Gasteiger charge is 2.35. The van der Waals surface area contributed by atoms with Gasteiger partial charge in [0, 0.05) is 44.2 Å². The summed E-state index contributed by atoms with van der Waals surface area (Å²) < 4.78 is 6.02. The van der Waals surface area contributed by atoms with Crippen LogP contribution in [-0.2, 0) is 6.61 Å². The Bertz CT molecular complexity index is 688. The molecule has 1 fully saturated rings. The first-order chi connectivity index (χ1) is 12.6. The molecule has 0 amide bonds. The third-order valence-electron chi connectivity index (χ3n) is 5.09. The van der Waals surface area contributed by atoms with Gasteiger partial charge in [0.15, 0.2) is 0 Å². The summed E-state index contributed by atoms with van der Waals surface area (Å²) in [6.45, 7) is 8.94. The fourth-order valence-electron chi connectivity index (χ4n) is 3.70. The van der Waals surface area contributed by atoms with Gasteiger partial charge < -0.3 is 15.2 Å². The third kappa shape index (κ3) is 5.69. The lowest BCUT2D eigenvalue weighted by atomic mass is 9.79. The van der Waals surface area contributed by atoms with E-state index in [4.69, 9.17) is 4.74 Å². The van der Waals surface area contributed by atoms with Crippen LogP contribution in [0.15, 0.2) is 54.6 Å². The Morgan fingerprint density at radius 3 is 2.44 bits per heavy atom. The van der Waals surface area contributed by atoms with Crippen molar-refractivity contribution in [2.75, 3.05) is 32.8 Å². The molecule has 2 N–H and O–H groups in total. The van der Waals surface area contributed by atoms with Crippen molar-refractivity contribution < 1.29 is 9.84 Å². The van der Waals surface area contributed by atoms with Crippen LogP contribution in [0.2, 0.25) is 0 Å². The molecule has 1 saturated heterocycles. The average molecular weight is 391 g/mol. The number of hydrogen-bond donors (Lipinski definition) is 2. The highest BCUT2D eigenvalue weighted by atomic mass is 35.5. The maximum Gasteiger partial charge on any atom is 0.120 e. The summed E-state index contributed by atoms with van der Waals surface area (Å²) in [7, 11) is 0. The van der Waals surface area contributed by atoms with E-state index >= 15 is 0 Å². The molecule has 0 bridgehead atoms. The van der Waals surface area contributed by atoms with Gasteiger partial charge in [-0.25, -0.2) is 0 Å². The van der Waals surface area contributed by atoms with E-state index in [0.29, 0.717) is 6.61 Å². The summed E-state index contributed by atoms with van der Waals surface area (Å²) in [6.07, 6.45) is 0. The van der Waals surface area contributed by atoms with Crippen molar-refractivity contribution in [3.05, 3.63) is 65.7 Å². The summed E-state index contributed by atoms with van der Waals surface area (Å²) in [4.78, 5) is 2.48. The Kier molecular flexibility index (Phi) is 8.11. The molecule has 0 saturated carbocycles. The fourth-order valence-corrected chi connectivity index (χ4v) is 3.70. The van der Waals surface area contributed by atoms with Crippen LogP contribution in [0.4, 0.5) is 0 Å². The van der Waals surface area contributed by atoms with Crippen molar-refractivity contribution in [1.82, 2.24) is 10.2 Å². The lowest BCUT2D eigenvalue weighted by Crippen LogP contribution is -2.49. The summed E-state index contributed by atoms with van der Waals surface area (Å²) in [5.74, 6) is 0.875. The Morgan fingerprint density at radius 2 is 1.78 bits per heavy atom. The summed E-state index contributed by atoms with van der Waals surface area (Å²) in [5.41, 5.74) is 2.14. The van der Waals surface area contributed by atoms with Crippen molar-refractivity contribution in [1.29, 1.82) is 0 Å². The molecule has 0 aliphatic carbocycles. The molecule has 1 aliphatic rings. The van der Waals surface area contributed by atoms with Crippen LogP contribution in [0.3, 0.4) is 0 Å². The monoisotopic (exact) mass is 390 g/mol. The van der Waals surface area contributed by atoms with Gasteiger partial charge in [0.2, 0.25) is 0 Å². The maximum absolute atomic E-state index is 10.0. The molecule has 0 spiro atoms. The van der Waals surface area contributed by atoms with Crippen LogP contribution in [0.1, 0.15) is 31.0 Å². The van der Waals surface area contributed by atoms with Gasteiger partial charge in [-0.05, 0) is 23.3 Å². The zero-order valence-corrected chi connectivity index (χ0v) is 17.0. The molecule has 5 heteroatoms. The van der Waals surface area contributed by atoms with E-state index in [1.165, 1.54) is 5.56 Å². The van der Waals surface area contributed by atoms with Gasteiger partial charge in [0.1, 0.15) is 12.4 Å². The van der Waals surface area contributed by atoms with Crippen LogP contribution in [0.5, 0.6) is 5.75 Å². The first kappa shape index (κ1) is 21.7. The van der Waals surface area contributed by atoms with E-state index in [0.717, 1.165) is 37.5 Å². The van der Waals surface area contributed by atoms with Crippen molar-refractivity contribution in [2.45, 2.75) is 26.5 Å². The van der Waals surface area contributed by atoms with Crippen LogP contribution < -0.4 is 10.1 Å². The molecular formula is C22H31ClN2O2. The molecule has 0 radical (unpaired) electrons. The smallest absolute Gasteiger partial charge is 0.120 e. The first-order valence-corrected chi connectivity index (χ1v) is 9.42. The fraction of sp³-hybridized carbons (Fsp3) is 0.455. The normalized spacial score (nSPS) is 16.4. The Morgan fingerprint density at radius 1 is 1.07 bits per heavy atom. The number of hydrogen-bond acceptors (Lipinski definition) is 4. The maximum atomic E-state index is 10.0. The first-order valence-electron chi connectivity index (χ1n) is 9.42. The number of nitrogens with one attached hydrogen (secondary N) is 1. The van der Waals surface area contributed by atoms with E-state index in [1.54, 1.807) is 0 Å². The number of nitrogens with zero attached hydrogens (tertiary/aromatic N) is 1. The van der Waals surface area contributed by atoms with E-state index in [9.17, 15) is 5.11 Å². The minimum atomic E-state index is -0.227. The number of ether oxygens (including phenoxy) is 1. The molecule has 1 heterocycles. The van der Waals surface area contributed by atoms with E-state index in [1.807, 2.05) is 24.3 Å². The van der Waals surface area contributed by atoms with E-state index in [-0.39, 0.29) is 30.5 Å². The van der Waals surface area contributed by atoms with Gasteiger partial charge in [-0.1, -0.05) is 56.3 Å². The van der Waals surface area contributed by atoms with Crippen LogP contribution in [-0.4, -0.2) is 42.8 Å². The van der Waals surface area contributed by atoms with Crippen molar-refractivity contribution in [3.63, 3.8) is 0 Å². The van der Waals surface area contributed by atoms with Gasteiger partial charge >= 0.3 is 0 Å². The van der Waals surface area contributed by atoms with Crippen molar-refractivity contribution in [3.8, 4) is 5.75 Å². The minimum Gasteiger partial charge on any atom is -0.489 e. The number of aliphatic hydroxyl groups excluding tert-OH is 1. The Balaban J connectivity index is 0.00000261. The highest BCUT2D eigenvalue weighted by Crippen LogP contribution is 2.39. The minimum absolute atomic E-state index is 0. The number of benzene rings is 2. The van der Waals surface area contributed by atoms with E-state index < -0.39 is 0 Å². The quantitative estimate of drug-likeness (QED) is 0.757. The predicted octanol–water partition coefficient (Wildman–Crippen LogP) is 3.65. The van der Waals surface area contributed by atoms with E-state index in [2.05, 4.69) is 54.4 Å². The molecule has 0 aromatic heterocycles. The average Bonchev–Trinajstić information content (AvgIpc) is 2.68. The SMILES string of the molecule is CC(C)(CO)[C@H](c1cccc(OCc2ccccc2)c1)N1CCNCC1.Cl. The highest BCUT2D eigenvalue weighted by molar-refractivity contribution is 5.85. The number of rotatable bonds is 7. The lowest BCUT2D eigenvalue weighted by molar-refractivity contribution is 0.0304. The Hall–Kier alpha value is -1.59. The number of halogens is 1. The molecule has 1 atom stereocenters. The van der Waals surface area contributed by atoms with Crippen LogP contribution in [0, 0.1) is 5.41 Å². The lowest BCUT2D eigenvalue weighted by Gasteiger charge is -2.43. The third-order valence-corrected chi connectivity index (χ3v) is 5.09. The summed E-state index contributed by atoms with van der Waals surface area (Å²) in [6, 6.07) is 18.7. The number of aliphatic hydroxyl groups is 1. The van der Waals surface area contributed by atoms with Crippen molar-refractivity contribution >= 4 is 12.4 Å². The summed E-state index contributed by atoms with van der Waals surface area (Å²) >= 11 is 0. The zero-order chi connectivity index (χ0) is 18.4. The second-order valence-corrected chi connectivity index (χ2v) is 7.68. The van der Waals surface area contributed by atoms with Crippen molar-refractivity contribution in [2.24, 2.45) is 5.41 Å². The van der Waals surface area contributed by atoms with Gasteiger partial charge in [0.05, 0.1) is 0 Å². The molecular weight excluding hydrogens is 360 g/mol. The van der Waals surface area contributed by atoms with Crippen LogP contribution in [0.25, 0.3) is 0 Å². The predicted molar refractivity (Wildman–Crippen MR) is 113 cm³/mol. The topological polar surface area (TPSA) is 44.7 Å². The molecule has 3 rings (SSSR count). The second kappa shape index (κ2) is 10.1. The van der Waals surface area contributed by atoms with Crippen LogP contribution >= 0.6 is 12.4 Å². The largest absolute Gasteiger partial charge is 0.489 e. The molecule has 4 nitrogen and oxygen atoms in total. The zero-order valence-electron chi connectivity index (χ0n) is 16.2. The summed E-state index contributed by atoms with van der Waals surface area (Å²) in [5, 5.41) is 13.4. The van der Waals surface area contributed by atoms with Gasteiger partial charge in [-0.2, -0.15) is 0 Å². The Labute approximate surface area is 169 Å². The molecule has 0 unspecified atom stereocenters. The molecule has 148 valence electrons. The molecule has 27 heavy (non-hydrogen) atoms. The second-order valence-electron chi connectivity index (χ2n) is 7.68. The standard InChI is InChI=1S/C22H30N2O2.ClH/c1-22(2,17-25)21(24-13-11-23-12-14-24)19-9-6-10-20(15-19)26-16-18-7-4-3-5-8-18;/h3-10,15,21,23,25H,11-14,16-17H2,1-2H3;1H/t21-;/m0./s1. The molecule has 2 aromatic rings. The van der Waals surface area contributed by atoms with Gasteiger partial charge in [-0.15, -0.1) is 12.4 Å². The molecule has 1 aliphatic heterocycles. The number of piperazine rings is 1.